The van der Waals surface area contributed by atoms with Crippen LogP contribution in [0.15, 0.2) is 53.9 Å². The van der Waals surface area contributed by atoms with E-state index in [9.17, 15) is 5.11 Å². The van der Waals surface area contributed by atoms with Gasteiger partial charge in [-0.3, -0.25) is 0 Å². The Morgan fingerprint density at radius 1 is 1.18 bits per heavy atom. The lowest BCUT2D eigenvalue weighted by Gasteiger charge is -2.27. The van der Waals surface area contributed by atoms with Gasteiger partial charge in [-0.05, 0) is 24.3 Å². The van der Waals surface area contributed by atoms with Crippen molar-refractivity contribution in [3.05, 3.63) is 48.8 Å². The molecule has 6 nitrogen and oxygen atoms in total. The third-order valence-corrected chi connectivity index (χ3v) is 2.36. The Morgan fingerprint density at radius 2 is 2.00 bits per heavy atom. The second kappa shape index (κ2) is 3.75. The Labute approximate surface area is 97.9 Å². The molecule has 17 heavy (non-hydrogen) atoms. The standard InChI is InChI=1S/C11H10N5O/c17-11-5-3-4-10(8-11)16-13-12-9-15(16)14-6-1-2-7-14/h1-8,13,17H. The van der Waals surface area contributed by atoms with Crippen LogP contribution in [0.4, 0.5) is 5.69 Å². The molecule has 3 rings (SSSR count). The Morgan fingerprint density at radius 3 is 2.76 bits per heavy atom. The fourth-order valence-electron chi connectivity index (χ4n) is 1.60. The van der Waals surface area contributed by atoms with Crippen molar-refractivity contribution in [2.24, 2.45) is 5.10 Å². The molecule has 1 aromatic heterocycles. The van der Waals surface area contributed by atoms with Gasteiger partial charge in [0.1, 0.15) is 5.75 Å². The third-order valence-electron chi connectivity index (χ3n) is 2.36. The van der Waals surface area contributed by atoms with Crippen molar-refractivity contribution < 1.29 is 5.11 Å². The lowest BCUT2D eigenvalue weighted by Crippen LogP contribution is -2.49. The number of rotatable bonds is 2. The lowest BCUT2D eigenvalue weighted by atomic mass is 10.3. The first-order valence-corrected chi connectivity index (χ1v) is 5.08. The summed E-state index contributed by atoms with van der Waals surface area (Å²) in [6, 6.07) is 10.7. The van der Waals surface area contributed by atoms with E-state index < -0.39 is 0 Å². The Bertz CT molecular complexity index is 537. The summed E-state index contributed by atoms with van der Waals surface area (Å²) in [5.74, 6) is 0.198. The highest BCUT2D eigenvalue weighted by Crippen LogP contribution is 2.20. The number of benzene rings is 1. The van der Waals surface area contributed by atoms with Crippen LogP contribution in [0.25, 0.3) is 0 Å². The fourth-order valence-corrected chi connectivity index (χ4v) is 1.60. The molecule has 6 heteroatoms. The van der Waals surface area contributed by atoms with E-state index in [-0.39, 0.29) is 5.75 Å². The van der Waals surface area contributed by atoms with Gasteiger partial charge in [-0.1, -0.05) is 6.07 Å². The zero-order valence-electron chi connectivity index (χ0n) is 8.85. The molecule has 1 radical (unpaired) electrons. The highest BCUT2D eigenvalue weighted by molar-refractivity contribution is 5.74. The second-order valence-electron chi connectivity index (χ2n) is 3.50. The molecule has 0 saturated carbocycles. The summed E-state index contributed by atoms with van der Waals surface area (Å²) in [6.07, 6.45) is 6.51. The number of hydrazone groups is 1. The van der Waals surface area contributed by atoms with Crippen molar-refractivity contribution in [3.63, 3.8) is 0 Å². The van der Waals surface area contributed by atoms with Gasteiger partial charge in [0.25, 0.3) is 0 Å². The number of hydrogen-bond donors (Lipinski definition) is 2. The minimum absolute atomic E-state index is 0.198. The molecular formula is C11H10N5O. The van der Waals surface area contributed by atoms with Crippen LogP contribution in [0.1, 0.15) is 0 Å². The summed E-state index contributed by atoms with van der Waals surface area (Å²) in [4.78, 5) is 0. The SMILES string of the molecule is Oc1cccc(N2NN=[C]N2n2cccc2)c1. The molecule has 1 aromatic carbocycles. The first-order valence-electron chi connectivity index (χ1n) is 5.08. The van der Waals surface area contributed by atoms with Gasteiger partial charge in [0, 0.05) is 18.5 Å². The zero-order chi connectivity index (χ0) is 11.7. The number of phenolic OH excluding ortho intramolecular Hbond substituents is 1. The van der Waals surface area contributed by atoms with E-state index in [4.69, 9.17) is 0 Å². The highest BCUT2D eigenvalue weighted by atomic mass is 16.3. The van der Waals surface area contributed by atoms with Crippen molar-refractivity contribution in [1.82, 2.24) is 10.2 Å². The van der Waals surface area contributed by atoms with E-state index in [0.717, 1.165) is 5.69 Å². The lowest BCUT2D eigenvalue weighted by molar-refractivity contribution is 0.474. The van der Waals surface area contributed by atoms with Crippen LogP contribution < -0.4 is 15.8 Å². The molecule has 0 fully saturated rings. The number of hydrogen-bond acceptors (Lipinski definition) is 5. The zero-order valence-corrected chi connectivity index (χ0v) is 8.85. The Kier molecular flexibility index (Phi) is 2.11. The highest BCUT2D eigenvalue weighted by Gasteiger charge is 2.20. The number of anilines is 1. The molecule has 2 aromatic rings. The number of phenols is 1. The smallest absolute Gasteiger partial charge is 0.241 e. The normalized spacial score (nSPS) is 14.1. The van der Waals surface area contributed by atoms with Crippen LogP contribution in [0, 0.1) is 0 Å². The van der Waals surface area contributed by atoms with Crippen LogP contribution in [-0.2, 0) is 0 Å². The average molecular weight is 228 g/mol. The Balaban J connectivity index is 1.94. The van der Waals surface area contributed by atoms with E-state index >= 15 is 0 Å². The van der Waals surface area contributed by atoms with E-state index in [0.29, 0.717) is 0 Å². The minimum atomic E-state index is 0.198. The number of nitrogens with one attached hydrogen (secondary N) is 1. The van der Waals surface area contributed by atoms with E-state index in [2.05, 4.69) is 17.0 Å². The molecule has 2 N–H and O–H groups in total. The van der Waals surface area contributed by atoms with Gasteiger partial charge in [0.05, 0.1) is 5.69 Å². The maximum absolute atomic E-state index is 9.46. The number of hydrazine groups is 2. The van der Waals surface area contributed by atoms with Gasteiger partial charge >= 0.3 is 0 Å². The summed E-state index contributed by atoms with van der Waals surface area (Å²) >= 11 is 0. The molecule has 0 unspecified atom stereocenters. The number of aromatic nitrogens is 1. The van der Waals surface area contributed by atoms with E-state index in [1.807, 2.05) is 30.6 Å². The first kappa shape index (κ1) is 9.59. The Hall–Kier alpha value is -2.63. The molecule has 0 spiro atoms. The quantitative estimate of drug-likeness (QED) is 0.801. The molecule has 2 heterocycles. The summed E-state index contributed by atoms with van der Waals surface area (Å²) in [6.45, 7) is 0. The number of aromatic hydroxyl groups is 1. The average Bonchev–Trinajstić information content (AvgIpc) is 3.00. The van der Waals surface area contributed by atoms with Crippen molar-refractivity contribution in [2.45, 2.75) is 0 Å². The van der Waals surface area contributed by atoms with E-state index in [1.54, 1.807) is 33.1 Å². The van der Waals surface area contributed by atoms with Gasteiger partial charge in [-0.2, -0.15) is 10.7 Å². The molecular weight excluding hydrogens is 218 g/mol. The molecule has 0 aliphatic carbocycles. The van der Waals surface area contributed by atoms with Crippen LogP contribution in [0.5, 0.6) is 5.75 Å². The predicted octanol–water partition coefficient (Wildman–Crippen LogP) is 0.892. The molecule has 1 aliphatic heterocycles. The van der Waals surface area contributed by atoms with Crippen LogP contribution in [-0.4, -0.2) is 16.1 Å². The van der Waals surface area contributed by atoms with Crippen LogP contribution in [0.2, 0.25) is 0 Å². The van der Waals surface area contributed by atoms with Crippen LogP contribution >= 0.6 is 0 Å². The molecule has 1 aliphatic rings. The van der Waals surface area contributed by atoms with E-state index in [1.165, 1.54) is 0 Å². The molecule has 0 atom stereocenters. The van der Waals surface area contributed by atoms with Crippen LogP contribution in [0.3, 0.4) is 0 Å². The topological polar surface area (TPSA) is 56.0 Å². The van der Waals surface area contributed by atoms with Gasteiger partial charge < -0.3 is 5.11 Å². The van der Waals surface area contributed by atoms with Gasteiger partial charge in [-0.25, -0.2) is 4.68 Å². The minimum Gasteiger partial charge on any atom is -0.508 e. The van der Waals surface area contributed by atoms with Gasteiger partial charge in [0.15, 0.2) is 0 Å². The monoisotopic (exact) mass is 228 g/mol. The largest absolute Gasteiger partial charge is 0.508 e. The van der Waals surface area contributed by atoms with Gasteiger partial charge in [-0.15, -0.1) is 10.2 Å². The van der Waals surface area contributed by atoms with Crippen molar-refractivity contribution in [3.8, 4) is 5.75 Å². The maximum atomic E-state index is 9.46. The van der Waals surface area contributed by atoms with Crippen molar-refractivity contribution >= 4 is 12.0 Å². The first-order chi connectivity index (χ1) is 8.34. The summed E-state index contributed by atoms with van der Waals surface area (Å²) in [5, 5.41) is 16.6. The molecule has 85 valence electrons. The van der Waals surface area contributed by atoms with Gasteiger partial charge in [0.2, 0.25) is 6.34 Å². The second-order valence-corrected chi connectivity index (χ2v) is 3.50. The third kappa shape index (κ3) is 1.65. The molecule has 0 amide bonds. The summed E-state index contributed by atoms with van der Waals surface area (Å²) in [5.41, 5.74) is 3.54. The maximum Gasteiger partial charge on any atom is 0.241 e. The van der Waals surface area contributed by atoms with Crippen molar-refractivity contribution in [2.75, 3.05) is 10.2 Å². The van der Waals surface area contributed by atoms with Crippen molar-refractivity contribution in [1.29, 1.82) is 0 Å². The summed E-state index contributed by atoms with van der Waals surface area (Å²) in [7, 11) is 0. The molecule has 0 bridgehead atoms. The molecule has 0 saturated heterocycles. The predicted molar refractivity (Wildman–Crippen MR) is 63.8 cm³/mol. The fraction of sp³-hybridized carbons (Fsp3) is 0. The number of nitrogens with zero attached hydrogens (tertiary/aromatic N) is 4. The summed E-state index contributed by atoms with van der Waals surface area (Å²) < 4.78 is 1.80.